The van der Waals surface area contributed by atoms with Crippen molar-refractivity contribution in [3.63, 3.8) is 0 Å². The maximum Gasteiger partial charge on any atom is 0.326 e. The molecule has 0 amide bonds. The molecule has 3 aromatic carbocycles. The second kappa shape index (κ2) is 9.29. The van der Waals surface area contributed by atoms with Gasteiger partial charge in [-0.2, -0.15) is 9.78 Å². The van der Waals surface area contributed by atoms with E-state index in [1.807, 2.05) is 55.5 Å². The first-order valence-electron chi connectivity index (χ1n) is 12.3. The van der Waals surface area contributed by atoms with E-state index >= 15 is 0 Å². The van der Waals surface area contributed by atoms with Crippen molar-refractivity contribution < 1.29 is 19.1 Å². The first-order valence-corrected chi connectivity index (χ1v) is 12.3. The third-order valence-corrected chi connectivity index (χ3v) is 6.97. The van der Waals surface area contributed by atoms with Gasteiger partial charge in [0, 0.05) is 22.2 Å². The number of methoxy groups -OCH3 is 1. The Balaban J connectivity index is 1.59. The van der Waals surface area contributed by atoms with Crippen molar-refractivity contribution in [2.75, 3.05) is 7.11 Å². The first-order chi connectivity index (χ1) is 18.9. The first kappa shape index (κ1) is 24.2. The number of furan rings is 1. The lowest BCUT2D eigenvalue weighted by molar-refractivity contribution is -0.140. The summed E-state index contributed by atoms with van der Waals surface area (Å²) in [6.07, 6.45) is 1.58. The number of hydrogen-bond donors (Lipinski definition) is 1. The van der Waals surface area contributed by atoms with Gasteiger partial charge >= 0.3 is 5.97 Å². The van der Waals surface area contributed by atoms with Crippen LogP contribution in [-0.2, 0) is 4.79 Å². The molecule has 6 aromatic rings. The van der Waals surface area contributed by atoms with E-state index in [4.69, 9.17) is 14.1 Å². The number of aromatic nitrogens is 3. The zero-order valence-corrected chi connectivity index (χ0v) is 21.5. The van der Waals surface area contributed by atoms with E-state index < -0.39 is 12.0 Å². The fourth-order valence-corrected chi connectivity index (χ4v) is 5.02. The maximum atomic E-state index is 13.7. The number of nitrogens with zero attached hydrogens (tertiary/aromatic N) is 4. The Kier molecular flexibility index (Phi) is 5.76. The molecule has 0 unspecified atom stereocenters. The number of rotatable bonds is 6. The van der Waals surface area contributed by atoms with Gasteiger partial charge < -0.3 is 18.8 Å². The molecule has 0 fully saturated rings. The van der Waals surface area contributed by atoms with Gasteiger partial charge in [0.2, 0.25) is 5.82 Å². The molecule has 3 aromatic heterocycles. The van der Waals surface area contributed by atoms with Crippen LogP contribution in [0.15, 0.2) is 87.1 Å². The largest absolute Gasteiger partial charge is 0.496 e. The van der Waals surface area contributed by atoms with Gasteiger partial charge in [-0.25, -0.2) is 9.78 Å². The number of carbonyl (C=O) groups is 1. The van der Waals surface area contributed by atoms with Gasteiger partial charge in [0.25, 0.3) is 5.56 Å². The van der Waals surface area contributed by atoms with Gasteiger partial charge in [0.1, 0.15) is 17.4 Å². The highest BCUT2D eigenvalue weighted by Crippen LogP contribution is 2.33. The quantitative estimate of drug-likeness (QED) is 0.286. The predicted molar refractivity (Wildman–Crippen MR) is 150 cm³/mol. The zero-order valence-electron chi connectivity index (χ0n) is 21.5. The molecule has 39 heavy (non-hydrogen) atoms. The lowest BCUT2D eigenvalue weighted by atomic mass is 10.1. The molecule has 6 rings (SSSR count). The third-order valence-electron chi connectivity index (χ3n) is 6.97. The monoisotopic (exact) mass is 520 g/mol. The van der Waals surface area contributed by atoms with Crippen LogP contribution in [-0.4, -0.2) is 38.6 Å². The molecular weight excluding hydrogens is 496 g/mol. The summed E-state index contributed by atoms with van der Waals surface area (Å²) in [7, 11) is 1.58. The molecular formula is C30H24N4O5. The van der Waals surface area contributed by atoms with Crippen molar-refractivity contribution >= 4 is 45.0 Å². The maximum absolute atomic E-state index is 13.7. The Morgan fingerprint density at radius 3 is 2.56 bits per heavy atom. The van der Waals surface area contributed by atoms with Gasteiger partial charge in [0.05, 0.1) is 29.6 Å². The minimum Gasteiger partial charge on any atom is -0.496 e. The molecule has 1 N–H and O–H groups in total. The Morgan fingerprint density at radius 1 is 1.05 bits per heavy atom. The van der Waals surface area contributed by atoms with E-state index in [-0.39, 0.29) is 11.4 Å². The Bertz CT molecular complexity index is 2000. The second-order valence-electron chi connectivity index (χ2n) is 9.20. The normalized spacial score (nSPS) is 12.6. The highest BCUT2D eigenvalue weighted by Gasteiger charge is 2.22. The van der Waals surface area contributed by atoms with Crippen molar-refractivity contribution in [1.29, 1.82) is 0 Å². The molecule has 9 nitrogen and oxygen atoms in total. The summed E-state index contributed by atoms with van der Waals surface area (Å²) < 4.78 is 14.6. The van der Waals surface area contributed by atoms with Gasteiger partial charge in [0.15, 0.2) is 5.76 Å². The number of aliphatic carboxylic acids is 1. The van der Waals surface area contributed by atoms with Crippen LogP contribution in [0.1, 0.15) is 24.2 Å². The van der Waals surface area contributed by atoms with Crippen LogP contribution in [0.2, 0.25) is 0 Å². The van der Waals surface area contributed by atoms with E-state index in [2.05, 4.69) is 5.10 Å². The summed E-state index contributed by atoms with van der Waals surface area (Å²) in [6, 6.07) is 21.0. The number of fused-ring (bicyclic) bond motifs is 3. The smallest absolute Gasteiger partial charge is 0.326 e. The molecule has 0 spiro atoms. The van der Waals surface area contributed by atoms with E-state index in [0.29, 0.717) is 39.3 Å². The Morgan fingerprint density at radius 2 is 1.79 bits per heavy atom. The molecule has 0 bridgehead atoms. The van der Waals surface area contributed by atoms with E-state index in [0.717, 1.165) is 16.3 Å². The van der Waals surface area contributed by atoms with Gasteiger partial charge in [-0.05, 0) is 50.2 Å². The van der Waals surface area contributed by atoms with Crippen LogP contribution in [0.3, 0.4) is 0 Å². The van der Waals surface area contributed by atoms with E-state index in [1.165, 1.54) is 4.68 Å². The molecule has 0 saturated heterocycles. The molecule has 3 heterocycles. The van der Waals surface area contributed by atoms with Crippen LogP contribution in [0.5, 0.6) is 5.75 Å². The SMILES string of the molecule is COc1cccc2oc(-c3nc4ccccc4c(=O)n3N=Cc3c(C)n([C@@H](C)C(=O)O)c4ccccc34)cc12. The van der Waals surface area contributed by atoms with Crippen molar-refractivity contribution in [1.82, 2.24) is 14.2 Å². The van der Waals surface area contributed by atoms with Gasteiger partial charge in [-0.3, -0.25) is 4.79 Å². The summed E-state index contributed by atoms with van der Waals surface area (Å²) in [6.45, 7) is 3.48. The minimum atomic E-state index is -0.945. The molecule has 0 aliphatic carbocycles. The summed E-state index contributed by atoms with van der Waals surface area (Å²) in [5.41, 5.74) is 2.92. The second-order valence-corrected chi connectivity index (χ2v) is 9.20. The van der Waals surface area contributed by atoms with Crippen LogP contribution in [0.4, 0.5) is 0 Å². The number of para-hydroxylation sites is 2. The van der Waals surface area contributed by atoms with Crippen LogP contribution < -0.4 is 10.3 Å². The predicted octanol–water partition coefficient (Wildman–Crippen LogP) is 5.61. The average molecular weight is 521 g/mol. The van der Waals surface area contributed by atoms with Gasteiger partial charge in [-0.15, -0.1) is 0 Å². The number of carboxylic acid groups (broad SMARTS) is 1. The minimum absolute atomic E-state index is 0.230. The third kappa shape index (κ3) is 3.86. The van der Waals surface area contributed by atoms with Crippen molar-refractivity contribution in [3.05, 3.63) is 94.4 Å². The number of benzene rings is 3. The lowest BCUT2D eigenvalue weighted by Gasteiger charge is -2.13. The van der Waals surface area contributed by atoms with Crippen LogP contribution in [0.25, 0.3) is 44.4 Å². The summed E-state index contributed by atoms with van der Waals surface area (Å²) in [5, 5.41) is 16.3. The number of carboxylic acids is 1. The Hall–Kier alpha value is -5.18. The zero-order chi connectivity index (χ0) is 27.3. The molecule has 0 radical (unpaired) electrons. The molecule has 194 valence electrons. The highest BCUT2D eigenvalue weighted by molar-refractivity contribution is 6.02. The number of ether oxygens (including phenoxy) is 1. The van der Waals surface area contributed by atoms with Crippen LogP contribution in [0, 0.1) is 6.92 Å². The highest BCUT2D eigenvalue weighted by atomic mass is 16.5. The topological polar surface area (TPSA) is 112 Å². The molecule has 0 aliphatic rings. The van der Waals surface area contributed by atoms with E-state index in [1.54, 1.807) is 49.1 Å². The standard InChI is InChI=1S/C30H24N4O5/c1-17-22(19-9-5-7-12-24(19)33(17)18(2)30(36)37)16-31-34-28(32-23-11-6-4-10-20(23)29(34)35)27-15-21-25(38-3)13-8-14-26(21)39-27/h4-16,18H,1-3H3,(H,36,37)/t18-/m0/s1. The Labute approximate surface area is 222 Å². The fourth-order valence-electron chi connectivity index (χ4n) is 5.02. The summed E-state index contributed by atoms with van der Waals surface area (Å²) in [4.78, 5) is 30.3. The number of hydrogen-bond acceptors (Lipinski definition) is 6. The molecule has 1 atom stereocenters. The van der Waals surface area contributed by atoms with E-state index in [9.17, 15) is 14.7 Å². The van der Waals surface area contributed by atoms with Gasteiger partial charge in [-0.1, -0.05) is 36.4 Å². The molecule has 0 saturated carbocycles. The lowest BCUT2D eigenvalue weighted by Crippen LogP contribution is -2.20. The fraction of sp³-hybridized carbons (Fsp3) is 0.133. The van der Waals surface area contributed by atoms with Crippen molar-refractivity contribution in [3.8, 4) is 17.3 Å². The molecule has 0 aliphatic heterocycles. The summed E-state index contributed by atoms with van der Waals surface area (Å²) >= 11 is 0. The average Bonchev–Trinajstić information content (AvgIpc) is 3.50. The van der Waals surface area contributed by atoms with Crippen molar-refractivity contribution in [2.45, 2.75) is 19.9 Å². The van der Waals surface area contributed by atoms with Crippen molar-refractivity contribution in [2.24, 2.45) is 5.10 Å². The summed E-state index contributed by atoms with van der Waals surface area (Å²) in [5.74, 6) is 0.276. The van der Waals surface area contributed by atoms with Crippen LogP contribution >= 0.6 is 0 Å². The molecule has 9 heteroatoms.